The van der Waals surface area contributed by atoms with E-state index in [1.807, 2.05) is 13.8 Å². The summed E-state index contributed by atoms with van der Waals surface area (Å²) in [6.45, 7) is 13.9. The van der Waals surface area contributed by atoms with E-state index in [0.717, 1.165) is 32.7 Å². The van der Waals surface area contributed by atoms with Gasteiger partial charge in [-0.25, -0.2) is 0 Å². The summed E-state index contributed by atoms with van der Waals surface area (Å²) in [7, 11) is 0. The molecule has 1 saturated heterocycles. The SMILES string of the molecule is CCOC(=O)C(C)CN1CCN(C(C)C)CC1. The quantitative estimate of drug-likeness (QED) is 0.679. The van der Waals surface area contributed by atoms with Gasteiger partial charge in [0.2, 0.25) is 0 Å². The largest absolute Gasteiger partial charge is 0.466 e. The summed E-state index contributed by atoms with van der Waals surface area (Å²) >= 11 is 0. The van der Waals surface area contributed by atoms with E-state index >= 15 is 0 Å². The maximum atomic E-state index is 11.5. The van der Waals surface area contributed by atoms with E-state index < -0.39 is 0 Å². The van der Waals surface area contributed by atoms with Crippen molar-refractivity contribution < 1.29 is 9.53 Å². The van der Waals surface area contributed by atoms with Crippen molar-refractivity contribution in [2.75, 3.05) is 39.3 Å². The molecule has 1 rings (SSSR count). The van der Waals surface area contributed by atoms with Gasteiger partial charge in [0.15, 0.2) is 0 Å². The standard InChI is InChI=1S/C13H26N2O2/c1-5-17-13(16)12(4)10-14-6-8-15(9-7-14)11(2)3/h11-12H,5-10H2,1-4H3. The third-order valence-electron chi connectivity index (χ3n) is 3.36. The number of carbonyl (C=O) groups excluding carboxylic acids is 1. The molecule has 4 nitrogen and oxygen atoms in total. The van der Waals surface area contributed by atoms with E-state index in [1.54, 1.807) is 0 Å². The first-order valence-corrected chi connectivity index (χ1v) is 6.67. The van der Waals surface area contributed by atoms with Crippen molar-refractivity contribution in [1.82, 2.24) is 9.80 Å². The molecule has 100 valence electrons. The van der Waals surface area contributed by atoms with Gasteiger partial charge in [-0.2, -0.15) is 0 Å². The normalized spacial score (nSPS) is 20.5. The zero-order chi connectivity index (χ0) is 12.8. The topological polar surface area (TPSA) is 32.8 Å². The van der Waals surface area contributed by atoms with Gasteiger partial charge in [-0.15, -0.1) is 0 Å². The lowest BCUT2D eigenvalue weighted by Crippen LogP contribution is -2.50. The van der Waals surface area contributed by atoms with Gasteiger partial charge in [-0.3, -0.25) is 14.6 Å². The minimum atomic E-state index is -0.0706. The predicted molar refractivity (Wildman–Crippen MR) is 68.9 cm³/mol. The highest BCUT2D eigenvalue weighted by molar-refractivity contribution is 5.72. The highest BCUT2D eigenvalue weighted by Crippen LogP contribution is 2.09. The monoisotopic (exact) mass is 242 g/mol. The average Bonchev–Trinajstić information content (AvgIpc) is 2.30. The molecule has 1 heterocycles. The van der Waals surface area contributed by atoms with Gasteiger partial charge in [0.1, 0.15) is 0 Å². The van der Waals surface area contributed by atoms with Crippen molar-refractivity contribution >= 4 is 5.97 Å². The number of hydrogen-bond acceptors (Lipinski definition) is 4. The van der Waals surface area contributed by atoms with E-state index in [1.165, 1.54) is 0 Å². The number of nitrogens with zero attached hydrogens (tertiary/aromatic N) is 2. The molecule has 1 aliphatic rings. The van der Waals surface area contributed by atoms with Crippen LogP contribution in [-0.4, -0.2) is 61.1 Å². The second-order valence-electron chi connectivity index (χ2n) is 5.08. The Morgan fingerprint density at radius 3 is 2.24 bits per heavy atom. The lowest BCUT2D eigenvalue weighted by Gasteiger charge is -2.37. The molecule has 17 heavy (non-hydrogen) atoms. The van der Waals surface area contributed by atoms with Crippen LogP contribution in [0.5, 0.6) is 0 Å². The first-order chi connectivity index (χ1) is 8.04. The molecule has 0 bridgehead atoms. The number of piperazine rings is 1. The summed E-state index contributed by atoms with van der Waals surface area (Å²) in [5.41, 5.74) is 0. The predicted octanol–water partition coefficient (Wildman–Crippen LogP) is 1.21. The van der Waals surface area contributed by atoms with Gasteiger partial charge in [-0.1, -0.05) is 6.92 Å². The molecule has 0 aromatic carbocycles. The summed E-state index contributed by atoms with van der Waals surface area (Å²) in [4.78, 5) is 16.4. The van der Waals surface area contributed by atoms with Crippen molar-refractivity contribution in [2.45, 2.75) is 33.7 Å². The molecule has 1 fully saturated rings. The van der Waals surface area contributed by atoms with Crippen molar-refractivity contribution in [3.63, 3.8) is 0 Å². The Morgan fingerprint density at radius 1 is 1.18 bits per heavy atom. The fourth-order valence-electron chi connectivity index (χ4n) is 2.21. The molecule has 0 spiro atoms. The zero-order valence-electron chi connectivity index (χ0n) is 11.6. The van der Waals surface area contributed by atoms with E-state index in [-0.39, 0.29) is 11.9 Å². The Morgan fingerprint density at radius 2 is 1.76 bits per heavy atom. The van der Waals surface area contributed by atoms with Crippen LogP contribution >= 0.6 is 0 Å². The minimum Gasteiger partial charge on any atom is -0.466 e. The number of esters is 1. The second-order valence-corrected chi connectivity index (χ2v) is 5.08. The lowest BCUT2D eigenvalue weighted by molar-refractivity contribution is -0.148. The highest BCUT2D eigenvalue weighted by Gasteiger charge is 2.22. The van der Waals surface area contributed by atoms with Gasteiger partial charge < -0.3 is 4.74 Å². The number of carbonyl (C=O) groups is 1. The van der Waals surface area contributed by atoms with Crippen molar-refractivity contribution in [1.29, 1.82) is 0 Å². The Balaban J connectivity index is 2.28. The molecule has 1 aliphatic heterocycles. The van der Waals surface area contributed by atoms with Gasteiger partial charge in [-0.05, 0) is 20.8 Å². The van der Waals surface area contributed by atoms with Crippen LogP contribution in [0.4, 0.5) is 0 Å². The Bertz CT molecular complexity index is 236. The molecular weight excluding hydrogens is 216 g/mol. The fraction of sp³-hybridized carbons (Fsp3) is 0.923. The molecule has 0 radical (unpaired) electrons. The summed E-state index contributed by atoms with van der Waals surface area (Å²) in [5, 5.41) is 0. The second kappa shape index (κ2) is 6.97. The van der Waals surface area contributed by atoms with Crippen LogP contribution in [-0.2, 0) is 9.53 Å². The van der Waals surface area contributed by atoms with Crippen LogP contribution in [0.15, 0.2) is 0 Å². The average molecular weight is 242 g/mol. The Hall–Kier alpha value is -0.610. The maximum absolute atomic E-state index is 11.5. The Labute approximate surface area is 105 Å². The van der Waals surface area contributed by atoms with E-state index in [2.05, 4.69) is 23.6 Å². The molecule has 0 aliphatic carbocycles. The van der Waals surface area contributed by atoms with Crippen molar-refractivity contribution in [2.24, 2.45) is 5.92 Å². The molecule has 0 N–H and O–H groups in total. The molecule has 0 saturated carbocycles. The van der Waals surface area contributed by atoms with Crippen LogP contribution in [0.3, 0.4) is 0 Å². The smallest absolute Gasteiger partial charge is 0.309 e. The fourth-order valence-corrected chi connectivity index (χ4v) is 2.21. The summed E-state index contributed by atoms with van der Waals surface area (Å²) in [6.07, 6.45) is 0. The third-order valence-corrected chi connectivity index (χ3v) is 3.36. The van der Waals surface area contributed by atoms with Crippen LogP contribution in [0.2, 0.25) is 0 Å². The van der Waals surface area contributed by atoms with Crippen LogP contribution in [0, 0.1) is 5.92 Å². The molecule has 4 heteroatoms. The Kier molecular flexibility index (Phi) is 5.92. The van der Waals surface area contributed by atoms with Crippen LogP contribution < -0.4 is 0 Å². The molecule has 1 unspecified atom stereocenters. The third kappa shape index (κ3) is 4.64. The molecule has 0 aromatic heterocycles. The molecule has 1 atom stereocenters. The summed E-state index contributed by atoms with van der Waals surface area (Å²) < 4.78 is 5.03. The van der Waals surface area contributed by atoms with Gasteiger partial charge in [0.05, 0.1) is 12.5 Å². The highest BCUT2D eigenvalue weighted by atomic mass is 16.5. The van der Waals surface area contributed by atoms with Crippen molar-refractivity contribution in [3.05, 3.63) is 0 Å². The minimum absolute atomic E-state index is 0.0134. The molecule has 0 amide bonds. The summed E-state index contributed by atoms with van der Waals surface area (Å²) in [5.74, 6) is -0.0839. The first-order valence-electron chi connectivity index (χ1n) is 6.67. The van der Waals surface area contributed by atoms with Gasteiger partial charge >= 0.3 is 5.97 Å². The lowest BCUT2D eigenvalue weighted by atomic mass is 10.1. The first kappa shape index (κ1) is 14.5. The van der Waals surface area contributed by atoms with E-state index in [9.17, 15) is 4.79 Å². The van der Waals surface area contributed by atoms with E-state index in [4.69, 9.17) is 4.74 Å². The number of rotatable bonds is 5. The van der Waals surface area contributed by atoms with Gasteiger partial charge in [0, 0.05) is 38.8 Å². The number of ether oxygens (including phenoxy) is 1. The molecule has 0 aromatic rings. The summed E-state index contributed by atoms with van der Waals surface area (Å²) in [6, 6.07) is 0.625. The van der Waals surface area contributed by atoms with Crippen LogP contribution in [0.25, 0.3) is 0 Å². The van der Waals surface area contributed by atoms with E-state index in [0.29, 0.717) is 12.6 Å². The molecular formula is C13H26N2O2. The van der Waals surface area contributed by atoms with Crippen molar-refractivity contribution in [3.8, 4) is 0 Å². The van der Waals surface area contributed by atoms with Crippen LogP contribution in [0.1, 0.15) is 27.7 Å². The number of hydrogen-bond donors (Lipinski definition) is 0. The maximum Gasteiger partial charge on any atom is 0.309 e. The van der Waals surface area contributed by atoms with Gasteiger partial charge in [0.25, 0.3) is 0 Å². The zero-order valence-corrected chi connectivity index (χ0v) is 11.6.